The lowest BCUT2D eigenvalue weighted by molar-refractivity contribution is 0.344. The average molecular weight is 427 g/mol. The molecule has 0 aliphatic heterocycles. The normalized spacial score (nSPS) is 11.0. The van der Waals surface area contributed by atoms with Gasteiger partial charge < -0.3 is 4.74 Å². The third-order valence-electron chi connectivity index (χ3n) is 4.24. The number of thioether (sulfide) groups is 1. The number of benzene rings is 3. The maximum atomic E-state index is 14.4. The van der Waals surface area contributed by atoms with Crippen LogP contribution in [0.5, 0.6) is 5.75 Å². The summed E-state index contributed by atoms with van der Waals surface area (Å²) in [4.78, 5) is 17.7. The van der Waals surface area contributed by atoms with Crippen LogP contribution in [0.3, 0.4) is 0 Å². The molecule has 0 bridgehead atoms. The molecule has 0 saturated heterocycles. The number of rotatable bonds is 6. The minimum atomic E-state index is -0.481. The fourth-order valence-corrected chi connectivity index (χ4v) is 3.83. The summed E-state index contributed by atoms with van der Waals surface area (Å²) in [5.41, 5.74) is 0.449. The Morgan fingerprint density at radius 2 is 1.72 bits per heavy atom. The summed E-state index contributed by atoms with van der Waals surface area (Å²) < 4.78 is 21.5. The van der Waals surface area contributed by atoms with Gasteiger partial charge in [0.2, 0.25) is 0 Å². The molecule has 4 rings (SSSR count). The zero-order valence-corrected chi connectivity index (χ0v) is 16.8. The number of hydrogen-bond acceptors (Lipinski definition) is 4. The van der Waals surface area contributed by atoms with Gasteiger partial charge in [-0.05, 0) is 48.5 Å². The van der Waals surface area contributed by atoms with Crippen molar-refractivity contribution in [2.75, 3.05) is 12.4 Å². The van der Waals surface area contributed by atoms with Crippen LogP contribution in [0.25, 0.3) is 16.6 Å². The van der Waals surface area contributed by atoms with Gasteiger partial charge >= 0.3 is 0 Å². The van der Waals surface area contributed by atoms with E-state index in [1.54, 1.807) is 60.7 Å². The molecule has 0 amide bonds. The van der Waals surface area contributed by atoms with Crippen molar-refractivity contribution in [1.29, 1.82) is 0 Å². The van der Waals surface area contributed by atoms with Crippen LogP contribution in [0.1, 0.15) is 0 Å². The lowest BCUT2D eigenvalue weighted by Gasteiger charge is -2.14. The van der Waals surface area contributed by atoms with Crippen molar-refractivity contribution >= 4 is 34.3 Å². The predicted octanol–water partition coefficient (Wildman–Crippen LogP) is 5.35. The van der Waals surface area contributed by atoms with Crippen LogP contribution >= 0.6 is 23.4 Å². The Hall–Kier alpha value is -2.83. The largest absolute Gasteiger partial charge is 0.493 e. The van der Waals surface area contributed by atoms with Crippen LogP contribution in [0.15, 0.2) is 82.7 Å². The van der Waals surface area contributed by atoms with Gasteiger partial charge in [0, 0.05) is 10.8 Å². The lowest BCUT2D eigenvalue weighted by atomic mass is 10.2. The van der Waals surface area contributed by atoms with E-state index in [1.807, 2.05) is 6.07 Å². The van der Waals surface area contributed by atoms with Gasteiger partial charge in [0.25, 0.3) is 5.56 Å². The molecule has 0 fully saturated rings. The Bertz CT molecular complexity index is 1210. The van der Waals surface area contributed by atoms with E-state index in [-0.39, 0.29) is 11.2 Å². The predicted molar refractivity (Wildman–Crippen MR) is 115 cm³/mol. The highest BCUT2D eigenvalue weighted by Gasteiger charge is 2.15. The molecule has 0 spiro atoms. The number of hydrogen-bond donors (Lipinski definition) is 0. The van der Waals surface area contributed by atoms with E-state index in [0.717, 1.165) is 0 Å². The minimum Gasteiger partial charge on any atom is -0.493 e. The Balaban J connectivity index is 1.64. The molecule has 4 aromatic rings. The molecule has 0 aliphatic rings. The highest BCUT2D eigenvalue weighted by atomic mass is 35.5. The summed E-state index contributed by atoms with van der Waals surface area (Å²) in [7, 11) is 0. The van der Waals surface area contributed by atoms with Crippen molar-refractivity contribution in [3.63, 3.8) is 0 Å². The zero-order valence-electron chi connectivity index (χ0n) is 15.2. The zero-order chi connectivity index (χ0) is 20.2. The summed E-state index contributed by atoms with van der Waals surface area (Å²) in [5.74, 6) is 0.751. The third kappa shape index (κ3) is 4.28. The molecule has 0 N–H and O–H groups in total. The van der Waals surface area contributed by atoms with Crippen molar-refractivity contribution in [1.82, 2.24) is 9.55 Å². The van der Waals surface area contributed by atoms with Gasteiger partial charge in [0.1, 0.15) is 11.6 Å². The van der Waals surface area contributed by atoms with E-state index in [0.29, 0.717) is 39.2 Å². The quantitative estimate of drug-likeness (QED) is 0.237. The number of halogens is 2. The van der Waals surface area contributed by atoms with Crippen molar-refractivity contribution < 1.29 is 9.13 Å². The molecule has 146 valence electrons. The van der Waals surface area contributed by atoms with Gasteiger partial charge in [-0.2, -0.15) is 0 Å². The first kappa shape index (κ1) is 19.5. The van der Waals surface area contributed by atoms with Crippen LogP contribution in [-0.2, 0) is 0 Å². The maximum absolute atomic E-state index is 14.4. The Morgan fingerprint density at radius 3 is 2.52 bits per heavy atom. The Labute approximate surface area is 175 Å². The van der Waals surface area contributed by atoms with Gasteiger partial charge in [-0.15, -0.1) is 0 Å². The van der Waals surface area contributed by atoms with Gasteiger partial charge in [-0.1, -0.05) is 47.6 Å². The second-order valence-corrected chi connectivity index (χ2v) is 7.65. The SMILES string of the molecule is O=c1c2ccccc2nc(SCCOc2ccc(Cl)cc2)n1-c1ccccc1F. The molecule has 0 radical (unpaired) electrons. The van der Waals surface area contributed by atoms with Crippen LogP contribution in [-0.4, -0.2) is 21.9 Å². The first-order valence-corrected chi connectivity index (χ1v) is 10.3. The van der Waals surface area contributed by atoms with E-state index >= 15 is 0 Å². The molecular weight excluding hydrogens is 411 g/mol. The molecule has 0 aliphatic carbocycles. The standard InChI is InChI=1S/C22H16ClFN2O2S/c23-15-9-11-16(12-10-15)28-13-14-29-22-25-19-7-3-1-5-17(19)21(27)26(22)20-8-4-2-6-18(20)24/h1-12H,13-14H2. The monoisotopic (exact) mass is 426 g/mol. The van der Waals surface area contributed by atoms with E-state index in [9.17, 15) is 9.18 Å². The van der Waals surface area contributed by atoms with Crippen LogP contribution < -0.4 is 10.3 Å². The molecule has 0 unspecified atom stereocenters. The first-order valence-electron chi connectivity index (χ1n) is 8.91. The second kappa shape index (κ2) is 8.68. The summed E-state index contributed by atoms with van der Waals surface area (Å²) in [6.07, 6.45) is 0. The highest BCUT2D eigenvalue weighted by molar-refractivity contribution is 7.99. The number of fused-ring (bicyclic) bond motifs is 1. The van der Waals surface area contributed by atoms with Gasteiger partial charge in [0.15, 0.2) is 5.16 Å². The topological polar surface area (TPSA) is 44.1 Å². The van der Waals surface area contributed by atoms with Crippen molar-refractivity contribution in [3.8, 4) is 11.4 Å². The molecule has 1 aromatic heterocycles. The Kier molecular flexibility index (Phi) is 5.83. The molecule has 4 nitrogen and oxygen atoms in total. The van der Waals surface area contributed by atoms with E-state index in [1.165, 1.54) is 22.4 Å². The fraction of sp³-hybridized carbons (Fsp3) is 0.0909. The van der Waals surface area contributed by atoms with E-state index in [4.69, 9.17) is 16.3 Å². The van der Waals surface area contributed by atoms with Crippen molar-refractivity contribution in [3.05, 3.63) is 94.0 Å². The smallest absolute Gasteiger partial charge is 0.266 e. The summed E-state index contributed by atoms with van der Waals surface area (Å²) in [6.45, 7) is 0.395. The number of nitrogens with zero attached hydrogens (tertiary/aromatic N) is 2. The number of aromatic nitrogens is 2. The highest BCUT2D eigenvalue weighted by Crippen LogP contribution is 2.23. The van der Waals surface area contributed by atoms with Gasteiger partial charge in [0.05, 0.1) is 23.2 Å². The fourth-order valence-electron chi connectivity index (χ4n) is 2.88. The molecule has 29 heavy (non-hydrogen) atoms. The second-order valence-electron chi connectivity index (χ2n) is 6.15. The molecule has 0 atom stereocenters. The minimum absolute atomic E-state index is 0.178. The van der Waals surface area contributed by atoms with Crippen LogP contribution in [0.2, 0.25) is 5.02 Å². The van der Waals surface area contributed by atoms with Gasteiger partial charge in [-0.3, -0.25) is 9.36 Å². The number of para-hydroxylation sites is 2. The molecule has 7 heteroatoms. The summed E-state index contributed by atoms with van der Waals surface area (Å²) >= 11 is 7.21. The lowest BCUT2D eigenvalue weighted by Crippen LogP contribution is -2.23. The Morgan fingerprint density at radius 1 is 1.00 bits per heavy atom. The first-order chi connectivity index (χ1) is 14.1. The van der Waals surface area contributed by atoms with Gasteiger partial charge in [-0.25, -0.2) is 9.37 Å². The van der Waals surface area contributed by atoms with Crippen LogP contribution in [0.4, 0.5) is 4.39 Å². The average Bonchev–Trinajstić information content (AvgIpc) is 2.74. The number of ether oxygens (including phenoxy) is 1. The molecule has 1 heterocycles. The van der Waals surface area contributed by atoms with E-state index in [2.05, 4.69) is 4.98 Å². The molecular formula is C22H16ClFN2O2S. The summed E-state index contributed by atoms with van der Waals surface area (Å²) in [5, 5.41) is 1.50. The van der Waals surface area contributed by atoms with E-state index < -0.39 is 5.82 Å². The maximum Gasteiger partial charge on any atom is 0.266 e. The van der Waals surface area contributed by atoms with Crippen LogP contribution in [0, 0.1) is 5.82 Å². The third-order valence-corrected chi connectivity index (χ3v) is 5.39. The molecule has 0 saturated carbocycles. The van der Waals surface area contributed by atoms with Crippen molar-refractivity contribution in [2.45, 2.75) is 5.16 Å². The molecule has 3 aromatic carbocycles. The van der Waals surface area contributed by atoms with Crippen molar-refractivity contribution in [2.24, 2.45) is 0 Å². The summed E-state index contributed by atoms with van der Waals surface area (Å²) in [6, 6.07) is 20.3.